The molecule has 4 N–H and O–H groups in total. The SMILES string of the molecule is CCOc1ccc([N+](=O)[O-])c(N2C(N)=NC(N)=NC23CCCCC3)c1. The molecule has 1 spiro atoms. The highest BCUT2D eigenvalue weighted by atomic mass is 16.6. The number of benzene rings is 1. The Balaban J connectivity index is 2.16. The van der Waals surface area contributed by atoms with Crippen molar-refractivity contribution in [3.05, 3.63) is 28.3 Å². The second-order valence-electron chi connectivity index (χ2n) is 6.16. The van der Waals surface area contributed by atoms with Gasteiger partial charge in [0.05, 0.1) is 11.5 Å². The monoisotopic (exact) mass is 346 g/mol. The Morgan fingerprint density at radius 1 is 1.32 bits per heavy atom. The molecule has 0 radical (unpaired) electrons. The second-order valence-corrected chi connectivity index (χ2v) is 6.16. The smallest absolute Gasteiger partial charge is 0.293 e. The molecule has 1 aliphatic heterocycles. The summed E-state index contributed by atoms with van der Waals surface area (Å²) in [6, 6.07) is 4.62. The van der Waals surface area contributed by atoms with E-state index in [9.17, 15) is 10.1 Å². The van der Waals surface area contributed by atoms with Crippen molar-refractivity contribution >= 4 is 23.3 Å². The minimum atomic E-state index is -0.732. The van der Waals surface area contributed by atoms with Gasteiger partial charge in [0, 0.05) is 12.1 Å². The lowest BCUT2D eigenvalue weighted by atomic mass is 9.87. The van der Waals surface area contributed by atoms with Gasteiger partial charge in [-0.2, -0.15) is 4.99 Å². The maximum absolute atomic E-state index is 11.6. The highest BCUT2D eigenvalue weighted by Gasteiger charge is 2.44. The summed E-state index contributed by atoms with van der Waals surface area (Å²) in [4.78, 5) is 21.4. The van der Waals surface area contributed by atoms with E-state index in [-0.39, 0.29) is 17.6 Å². The Bertz CT molecular complexity index is 739. The van der Waals surface area contributed by atoms with Crippen LogP contribution in [0.3, 0.4) is 0 Å². The first-order valence-corrected chi connectivity index (χ1v) is 8.38. The fraction of sp³-hybridized carbons (Fsp3) is 0.500. The van der Waals surface area contributed by atoms with Crippen LogP contribution < -0.4 is 21.1 Å². The topological polar surface area (TPSA) is 132 Å². The van der Waals surface area contributed by atoms with Crippen LogP contribution in [0.2, 0.25) is 0 Å². The minimum Gasteiger partial charge on any atom is -0.494 e. The molecule has 1 aromatic carbocycles. The number of nitrogens with zero attached hydrogens (tertiary/aromatic N) is 4. The normalized spacial score (nSPS) is 19.3. The number of nitrogens with two attached hydrogens (primary N) is 2. The minimum absolute atomic E-state index is 0.0674. The molecule has 3 rings (SSSR count). The first-order chi connectivity index (χ1) is 12.0. The number of hydrogen-bond acceptors (Lipinski definition) is 8. The number of nitro benzene ring substituents is 1. The van der Waals surface area contributed by atoms with E-state index >= 15 is 0 Å². The van der Waals surface area contributed by atoms with Crippen molar-refractivity contribution in [2.75, 3.05) is 11.5 Å². The van der Waals surface area contributed by atoms with E-state index < -0.39 is 10.6 Å². The highest BCUT2D eigenvalue weighted by molar-refractivity contribution is 6.06. The van der Waals surface area contributed by atoms with Crippen LogP contribution in [0.5, 0.6) is 5.75 Å². The van der Waals surface area contributed by atoms with Crippen LogP contribution >= 0.6 is 0 Å². The van der Waals surface area contributed by atoms with Crippen LogP contribution in [0.15, 0.2) is 28.2 Å². The molecule has 0 saturated heterocycles. The molecule has 1 fully saturated rings. The van der Waals surface area contributed by atoms with Gasteiger partial charge in [0.2, 0.25) is 11.9 Å². The van der Waals surface area contributed by atoms with E-state index in [0.29, 0.717) is 30.9 Å². The molecule has 1 aromatic rings. The number of hydrogen-bond donors (Lipinski definition) is 2. The van der Waals surface area contributed by atoms with Crippen LogP contribution in [0.1, 0.15) is 39.0 Å². The van der Waals surface area contributed by atoms with Crippen molar-refractivity contribution in [1.82, 2.24) is 0 Å². The van der Waals surface area contributed by atoms with Crippen LogP contribution in [0.4, 0.5) is 11.4 Å². The van der Waals surface area contributed by atoms with Crippen LogP contribution in [0, 0.1) is 10.1 Å². The third kappa shape index (κ3) is 3.09. The summed E-state index contributed by atoms with van der Waals surface area (Å²) < 4.78 is 5.51. The van der Waals surface area contributed by atoms with Gasteiger partial charge in [-0.05, 0) is 38.7 Å². The van der Waals surface area contributed by atoms with Crippen molar-refractivity contribution in [3.63, 3.8) is 0 Å². The van der Waals surface area contributed by atoms with Crippen molar-refractivity contribution in [3.8, 4) is 5.75 Å². The number of rotatable bonds is 4. The molecule has 2 aliphatic rings. The lowest BCUT2D eigenvalue weighted by molar-refractivity contribution is -0.384. The van der Waals surface area contributed by atoms with Gasteiger partial charge in [0.1, 0.15) is 17.1 Å². The Morgan fingerprint density at radius 2 is 2.04 bits per heavy atom. The van der Waals surface area contributed by atoms with Crippen molar-refractivity contribution in [2.24, 2.45) is 21.5 Å². The second kappa shape index (κ2) is 6.58. The molecule has 9 nitrogen and oxygen atoms in total. The molecule has 1 saturated carbocycles. The van der Waals surface area contributed by atoms with Gasteiger partial charge in [0.15, 0.2) is 0 Å². The number of aliphatic imine (C=N–C) groups is 2. The zero-order chi connectivity index (χ0) is 18.0. The first-order valence-electron chi connectivity index (χ1n) is 8.38. The molecule has 9 heteroatoms. The van der Waals surface area contributed by atoms with Gasteiger partial charge >= 0.3 is 0 Å². The molecule has 1 aliphatic carbocycles. The Morgan fingerprint density at radius 3 is 2.68 bits per heavy atom. The molecule has 0 bridgehead atoms. The summed E-state index contributed by atoms with van der Waals surface area (Å²) in [6.45, 7) is 2.31. The van der Waals surface area contributed by atoms with Crippen LogP contribution in [0.25, 0.3) is 0 Å². The van der Waals surface area contributed by atoms with E-state index in [0.717, 1.165) is 19.3 Å². The molecular weight excluding hydrogens is 324 g/mol. The lowest BCUT2D eigenvalue weighted by Gasteiger charge is -2.45. The first kappa shape index (κ1) is 17.0. The summed E-state index contributed by atoms with van der Waals surface area (Å²) in [5, 5.41) is 11.6. The number of ether oxygens (including phenoxy) is 1. The fourth-order valence-electron chi connectivity index (χ4n) is 3.56. The molecular formula is C16H22N6O3. The molecule has 25 heavy (non-hydrogen) atoms. The summed E-state index contributed by atoms with van der Waals surface area (Å²) in [5.41, 5.74) is 11.5. The third-order valence-electron chi connectivity index (χ3n) is 4.55. The van der Waals surface area contributed by atoms with Gasteiger partial charge < -0.3 is 16.2 Å². The average molecular weight is 346 g/mol. The lowest BCUT2D eigenvalue weighted by Crippen LogP contribution is -2.58. The van der Waals surface area contributed by atoms with E-state index in [1.807, 2.05) is 6.92 Å². The van der Waals surface area contributed by atoms with Gasteiger partial charge in [-0.15, -0.1) is 0 Å². The summed E-state index contributed by atoms with van der Waals surface area (Å²) in [5.74, 6) is 0.759. The van der Waals surface area contributed by atoms with E-state index in [1.54, 1.807) is 17.0 Å². The van der Waals surface area contributed by atoms with Crippen molar-refractivity contribution in [2.45, 2.75) is 44.7 Å². The number of nitro groups is 1. The molecule has 0 aromatic heterocycles. The Labute approximate surface area is 145 Å². The van der Waals surface area contributed by atoms with Crippen molar-refractivity contribution < 1.29 is 9.66 Å². The van der Waals surface area contributed by atoms with Gasteiger partial charge in [-0.25, -0.2) is 4.99 Å². The quantitative estimate of drug-likeness (QED) is 0.633. The fourth-order valence-corrected chi connectivity index (χ4v) is 3.56. The maximum Gasteiger partial charge on any atom is 0.293 e. The molecule has 1 heterocycles. The van der Waals surface area contributed by atoms with E-state index in [1.165, 1.54) is 6.07 Å². The Kier molecular flexibility index (Phi) is 4.47. The molecule has 0 atom stereocenters. The summed E-state index contributed by atoms with van der Waals surface area (Å²) in [7, 11) is 0. The van der Waals surface area contributed by atoms with Gasteiger partial charge in [0.25, 0.3) is 5.69 Å². The molecule has 134 valence electrons. The van der Waals surface area contributed by atoms with Crippen molar-refractivity contribution in [1.29, 1.82) is 0 Å². The standard InChI is InChI=1S/C16H22N6O3/c1-2-25-11-6-7-12(22(23)24)13(10-11)21-15(18)19-14(17)20-16(21)8-4-3-5-9-16/h6-7,10H,2-5,8-9H2,1H3,(H4,17,18,19,20). The van der Waals surface area contributed by atoms with E-state index in [4.69, 9.17) is 16.2 Å². The third-order valence-corrected chi connectivity index (χ3v) is 4.55. The number of anilines is 1. The zero-order valence-corrected chi connectivity index (χ0v) is 14.1. The van der Waals surface area contributed by atoms with Crippen LogP contribution in [-0.2, 0) is 0 Å². The zero-order valence-electron chi connectivity index (χ0n) is 14.1. The van der Waals surface area contributed by atoms with Crippen LogP contribution in [-0.4, -0.2) is 29.1 Å². The van der Waals surface area contributed by atoms with E-state index in [2.05, 4.69) is 9.98 Å². The largest absolute Gasteiger partial charge is 0.494 e. The van der Waals surface area contributed by atoms with Gasteiger partial charge in [-0.3, -0.25) is 15.0 Å². The highest BCUT2D eigenvalue weighted by Crippen LogP contribution is 2.43. The van der Waals surface area contributed by atoms with Gasteiger partial charge in [-0.1, -0.05) is 6.42 Å². The summed E-state index contributed by atoms with van der Waals surface area (Å²) >= 11 is 0. The Hall–Kier alpha value is -2.84. The predicted octanol–water partition coefficient (Wildman–Crippen LogP) is 2.10. The maximum atomic E-state index is 11.6. The molecule has 0 amide bonds. The number of guanidine groups is 2. The summed E-state index contributed by atoms with van der Waals surface area (Å²) in [6.07, 6.45) is 4.39. The predicted molar refractivity (Wildman–Crippen MR) is 95.8 cm³/mol. The molecule has 0 unspecified atom stereocenters. The average Bonchev–Trinajstić information content (AvgIpc) is 2.55.